The van der Waals surface area contributed by atoms with Crippen molar-refractivity contribution in [3.63, 3.8) is 0 Å². The Balaban J connectivity index is 1.53. The Morgan fingerprint density at radius 3 is 2.40 bits per heavy atom. The fourth-order valence-electron chi connectivity index (χ4n) is 3.93. The van der Waals surface area contributed by atoms with Gasteiger partial charge in [0.25, 0.3) is 0 Å². The van der Waals surface area contributed by atoms with E-state index < -0.39 is 12.1 Å². The molecule has 2 N–H and O–H groups in total. The summed E-state index contributed by atoms with van der Waals surface area (Å²) in [5, 5.41) is 6.29. The molecule has 0 aromatic heterocycles. The number of rotatable bonds is 4. The fraction of sp³-hybridized carbons (Fsp3) is 0.526. The summed E-state index contributed by atoms with van der Waals surface area (Å²) in [4.78, 5) is 11.4. The van der Waals surface area contributed by atoms with Crippen LogP contribution in [0.5, 0.6) is 0 Å². The van der Waals surface area contributed by atoms with Gasteiger partial charge in [-0.15, -0.1) is 0 Å². The first-order valence-electron chi connectivity index (χ1n) is 8.73. The van der Waals surface area contributed by atoms with Crippen molar-refractivity contribution in [1.29, 1.82) is 0 Å². The molecular weight excluding hydrogens is 329 g/mol. The Labute approximate surface area is 145 Å². The third-order valence-corrected chi connectivity index (χ3v) is 5.25. The molecule has 0 spiro atoms. The van der Waals surface area contributed by atoms with E-state index in [2.05, 4.69) is 17.2 Å². The van der Waals surface area contributed by atoms with Crippen molar-refractivity contribution in [1.82, 2.24) is 5.32 Å². The van der Waals surface area contributed by atoms with Gasteiger partial charge in [0.2, 0.25) is 5.91 Å². The molecule has 1 unspecified atom stereocenters. The van der Waals surface area contributed by atoms with Gasteiger partial charge in [-0.1, -0.05) is 12.6 Å². The zero-order chi connectivity index (χ0) is 18.0. The highest BCUT2D eigenvalue weighted by atomic mass is 19.4. The lowest BCUT2D eigenvalue weighted by Gasteiger charge is -2.32. The second-order valence-electron chi connectivity index (χ2n) is 7.04. The van der Waals surface area contributed by atoms with Crippen LogP contribution in [0.2, 0.25) is 0 Å². The summed E-state index contributed by atoms with van der Waals surface area (Å²) in [6.45, 7) is 3.43. The van der Waals surface area contributed by atoms with E-state index in [9.17, 15) is 18.0 Å². The predicted octanol–water partition coefficient (Wildman–Crippen LogP) is 3.99. The summed E-state index contributed by atoms with van der Waals surface area (Å²) >= 11 is 0. The summed E-state index contributed by atoms with van der Waals surface area (Å²) in [7, 11) is 0. The minimum atomic E-state index is -4.05. The Hall–Kier alpha value is -1.82. The second kappa shape index (κ2) is 7.20. The van der Waals surface area contributed by atoms with E-state index >= 15 is 0 Å². The Morgan fingerprint density at radius 2 is 1.76 bits per heavy atom. The van der Waals surface area contributed by atoms with E-state index in [1.165, 1.54) is 17.2 Å². The molecule has 2 aliphatic carbocycles. The lowest BCUT2D eigenvalue weighted by Crippen LogP contribution is -2.42. The van der Waals surface area contributed by atoms with Crippen molar-refractivity contribution in [2.45, 2.75) is 56.8 Å². The first-order valence-corrected chi connectivity index (χ1v) is 8.73. The maximum Gasteiger partial charge on any atom is 0.391 e. The number of fused-ring (bicyclic) bond motifs is 1. The predicted molar refractivity (Wildman–Crippen MR) is 91.4 cm³/mol. The molecule has 2 aliphatic rings. The average Bonchev–Trinajstić information content (AvgIpc) is 2.95. The first kappa shape index (κ1) is 18.0. The van der Waals surface area contributed by atoms with Gasteiger partial charge in [-0.3, -0.25) is 4.79 Å². The molecule has 25 heavy (non-hydrogen) atoms. The van der Waals surface area contributed by atoms with Gasteiger partial charge in [0.15, 0.2) is 0 Å². The van der Waals surface area contributed by atoms with E-state index in [1.807, 2.05) is 18.2 Å². The van der Waals surface area contributed by atoms with Crippen molar-refractivity contribution in [2.24, 2.45) is 5.92 Å². The summed E-state index contributed by atoms with van der Waals surface area (Å²) in [5.74, 6) is -1.38. The van der Waals surface area contributed by atoms with Gasteiger partial charge in [0.05, 0.1) is 5.92 Å². The first-order chi connectivity index (χ1) is 11.8. The molecule has 0 saturated heterocycles. The van der Waals surface area contributed by atoms with Gasteiger partial charge < -0.3 is 10.6 Å². The Morgan fingerprint density at radius 1 is 1.08 bits per heavy atom. The monoisotopic (exact) mass is 352 g/mol. The molecule has 0 heterocycles. The van der Waals surface area contributed by atoms with E-state index in [0.29, 0.717) is 12.8 Å². The van der Waals surface area contributed by atoms with Crippen molar-refractivity contribution in [3.8, 4) is 0 Å². The summed E-state index contributed by atoms with van der Waals surface area (Å²) in [6, 6.07) is 6.28. The standard InChI is InChI=1S/C19H23F3N2O/c1-2-18(25)24-16-6-3-12-9-17(11-13(12)10-16)23-15-7-4-14(5-8-15)19(20,21)22/h2-3,6,10,14-15,17,23H,1,4-5,7-9,11H2,(H,24,25). The van der Waals surface area contributed by atoms with Crippen LogP contribution >= 0.6 is 0 Å². The molecule has 1 amide bonds. The molecule has 3 rings (SSSR count). The summed E-state index contributed by atoms with van der Waals surface area (Å²) in [6.07, 6.45) is 0.499. The van der Waals surface area contributed by atoms with Crippen LogP contribution in [-0.2, 0) is 17.6 Å². The van der Waals surface area contributed by atoms with Gasteiger partial charge in [-0.2, -0.15) is 13.2 Å². The molecular formula is C19H23F3N2O. The van der Waals surface area contributed by atoms with Crippen molar-refractivity contribution in [3.05, 3.63) is 42.0 Å². The molecule has 0 radical (unpaired) electrons. The highest BCUT2D eigenvalue weighted by Crippen LogP contribution is 2.38. The lowest BCUT2D eigenvalue weighted by molar-refractivity contribution is -0.182. The normalized spacial score (nSPS) is 26.1. The minimum absolute atomic E-state index is 0.165. The van der Waals surface area contributed by atoms with Crippen LogP contribution in [0.4, 0.5) is 18.9 Å². The van der Waals surface area contributed by atoms with Crippen LogP contribution < -0.4 is 10.6 Å². The molecule has 0 aliphatic heterocycles. The summed E-state index contributed by atoms with van der Waals surface area (Å²) < 4.78 is 38.2. The Kier molecular flexibility index (Phi) is 5.18. The number of nitrogens with one attached hydrogen (secondary N) is 2. The number of hydrogen-bond acceptors (Lipinski definition) is 2. The quantitative estimate of drug-likeness (QED) is 0.805. The number of benzene rings is 1. The fourth-order valence-corrected chi connectivity index (χ4v) is 3.93. The van der Waals surface area contributed by atoms with Crippen LogP contribution in [0.15, 0.2) is 30.9 Å². The maximum absolute atomic E-state index is 12.7. The molecule has 1 atom stereocenters. The Bertz CT molecular complexity index is 649. The minimum Gasteiger partial charge on any atom is -0.323 e. The van der Waals surface area contributed by atoms with Gasteiger partial charge in [0, 0.05) is 17.8 Å². The topological polar surface area (TPSA) is 41.1 Å². The molecule has 1 aromatic rings. The van der Waals surface area contributed by atoms with E-state index in [0.717, 1.165) is 18.5 Å². The third-order valence-electron chi connectivity index (χ3n) is 5.25. The smallest absolute Gasteiger partial charge is 0.323 e. The number of alkyl halides is 3. The number of halogens is 3. The zero-order valence-corrected chi connectivity index (χ0v) is 14.0. The van der Waals surface area contributed by atoms with E-state index in [1.54, 1.807) is 0 Å². The number of hydrogen-bond donors (Lipinski definition) is 2. The summed E-state index contributed by atoms with van der Waals surface area (Å²) in [5.41, 5.74) is 3.16. The average molecular weight is 352 g/mol. The largest absolute Gasteiger partial charge is 0.391 e. The number of anilines is 1. The van der Waals surface area contributed by atoms with Gasteiger partial charge in [-0.05, 0) is 67.9 Å². The number of carbonyl (C=O) groups is 1. The van der Waals surface area contributed by atoms with Crippen LogP contribution in [0, 0.1) is 5.92 Å². The van der Waals surface area contributed by atoms with Gasteiger partial charge in [0.1, 0.15) is 0 Å². The van der Waals surface area contributed by atoms with Crippen LogP contribution in [-0.4, -0.2) is 24.2 Å². The highest BCUT2D eigenvalue weighted by molar-refractivity contribution is 5.98. The third kappa shape index (κ3) is 4.42. The SMILES string of the molecule is C=CC(=O)Nc1ccc2c(c1)CC(NC1CCC(C(F)(F)F)CC1)C2. The van der Waals surface area contributed by atoms with E-state index in [-0.39, 0.29) is 30.8 Å². The second-order valence-corrected chi connectivity index (χ2v) is 7.04. The van der Waals surface area contributed by atoms with Crippen LogP contribution in [0.1, 0.15) is 36.8 Å². The molecule has 1 saturated carbocycles. The highest BCUT2D eigenvalue weighted by Gasteiger charge is 2.41. The van der Waals surface area contributed by atoms with Crippen LogP contribution in [0.25, 0.3) is 0 Å². The molecule has 0 bridgehead atoms. The van der Waals surface area contributed by atoms with Crippen LogP contribution in [0.3, 0.4) is 0 Å². The molecule has 6 heteroatoms. The van der Waals surface area contributed by atoms with Crippen molar-refractivity contribution < 1.29 is 18.0 Å². The number of amides is 1. The molecule has 1 aromatic carbocycles. The zero-order valence-electron chi connectivity index (χ0n) is 14.0. The molecule has 3 nitrogen and oxygen atoms in total. The van der Waals surface area contributed by atoms with E-state index in [4.69, 9.17) is 0 Å². The maximum atomic E-state index is 12.7. The molecule has 136 valence electrons. The van der Waals surface area contributed by atoms with Gasteiger partial charge in [-0.25, -0.2) is 0 Å². The lowest BCUT2D eigenvalue weighted by atomic mass is 9.85. The number of carbonyl (C=O) groups excluding carboxylic acids is 1. The van der Waals surface area contributed by atoms with Crippen molar-refractivity contribution in [2.75, 3.05) is 5.32 Å². The van der Waals surface area contributed by atoms with Crippen molar-refractivity contribution >= 4 is 11.6 Å². The van der Waals surface area contributed by atoms with Gasteiger partial charge >= 0.3 is 6.18 Å². The molecule has 1 fully saturated rings.